The Balaban J connectivity index is 1.99. The molecule has 0 heterocycles. The maximum Gasteiger partial charge on any atom is 0.230 e. The first-order chi connectivity index (χ1) is 12.4. The highest BCUT2D eigenvalue weighted by Crippen LogP contribution is 2.35. The van der Waals surface area contributed by atoms with E-state index in [1.165, 1.54) is 11.8 Å². The van der Waals surface area contributed by atoms with Gasteiger partial charge in [-0.2, -0.15) is 0 Å². The van der Waals surface area contributed by atoms with Gasteiger partial charge in [0.05, 0.1) is 16.8 Å². The molecule has 2 rings (SSSR count). The summed E-state index contributed by atoms with van der Waals surface area (Å²) in [5.74, 6) is 0.133. The molecule has 2 aromatic rings. The molecule has 1 amide bonds. The number of hydrogen-bond donors (Lipinski definition) is 1. The van der Waals surface area contributed by atoms with Crippen LogP contribution >= 0.6 is 23.4 Å². The van der Waals surface area contributed by atoms with E-state index < -0.39 is 9.84 Å². The van der Waals surface area contributed by atoms with E-state index >= 15 is 0 Å². The Morgan fingerprint density at radius 3 is 2.31 bits per heavy atom. The molecule has 1 N–H and O–H groups in total. The molecule has 1 atom stereocenters. The van der Waals surface area contributed by atoms with Crippen LogP contribution < -0.4 is 5.32 Å². The Morgan fingerprint density at radius 1 is 1.08 bits per heavy atom. The van der Waals surface area contributed by atoms with Crippen molar-refractivity contribution in [1.82, 2.24) is 5.32 Å². The summed E-state index contributed by atoms with van der Waals surface area (Å²) in [4.78, 5) is 12.1. The van der Waals surface area contributed by atoms with E-state index in [0.29, 0.717) is 5.02 Å². The summed E-state index contributed by atoms with van der Waals surface area (Å²) < 4.78 is 23.0. The highest BCUT2D eigenvalue weighted by molar-refractivity contribution is 8.00. The van der Waals surface area contributed by atoms with Gasteiger partial charge < -0.3 is 5.32 Å². The smallest absolute Gasteiger partial charge is 0.230 e. The SMILES string of the molecule is CCS(=O)(=O)CCNC(=O)CSC(c1ccccc1)c1ccc(Cl)cc1. The van der Waals surface area contributed by atoms with Crippen LogP contribution in [0.15, 0.2) is 54.6 Å². The lowest BCUT2D eigenvalue weighted by Crippen LogP contribution is -2.31. The van der Waals surface area contributed by atoms with Gasteiger partial charge in [-0.3, -0.25) is 4.79 Å². The van der Waals surface area contributed by atoms with E-state index in [-0.39, 0.29) is 35.0 Å². The number of thioether (sulfide) groups is 1. The summed E-state index contributed by atoms with van der Waals surface area (Å²) in [6.45, 7) is 1.75. The van der Waals surface area contributed by atoms with Gasteiger partial charge in [-0.1, -0.05) is 61.0 Å². The first-order valence-electron chi connectivity index (χ1n) is 8.30. The second-order valence-electron chi connectivity index (χ2n) is 5.74. The van der Waals surface area contributed by atoms with Crippen molar-refractivity contribution in [1.29, 1.82) is 0 Å². The largest absolute Gasteiger partial charge is 0.354 e. The Hall–Kier alpha value is -1.50. The predicted octanol–water partition coefficient (Wildman–Crippen LogP) is 3.71. The number of sulfone groups is 1. The zero-order chi connectivity index (χ0) is 19.0. The molecule has 7 heteroatoms. The first-order valence-corrected chi connectivity index (χ1v) is 11.5. The van der Waals surface area contributed by atoms with E-state index in [1.54, 1.807) is 6.92 Å². The van der Waals surface area contributed by atoms with E-state index in [9.17, 15) is 13.2 Å². The van der Waals surface area contributed by atoms with Crippen LogP contribution in [0.4, 0.5) is 0 Å². The van der Waals surface area contributed by atoms with Crippen molar-refractivity contribution in [3.63, 3.8) is 0 Å². The molecule has 4 nitrogen and oxygen atoms in total. The summed E-state index contributed by atoms with van der Waals surface area (Å²) in [5, 5.41) is 3.35. The fourth-order valence-electron chi connectivity index (χ4n) is 2.35. The molecule has 0 radical (unpaired) electrons. The molecule has 0 saturated heterocycles. The third-order valence-corrected chi connectivity index (χ3v) is 7.10. The number of carbonyl (C=O) groups excluding carboxylic acids is 1. The quantitative estimate of drug-likeness (QED) is 0.683. The molecule has 140 valence electrons. The monoisotopic (exact) mass is 411 g/mol. The number of rotatable bonds is 9. The van der Waals surface area contributed by atoms with Gasteiger partial charge in [0.15, 0.2) is 9.84 Å². The van der Waals surface area contributed by atoms with Crippen molar-refractivity contribution in [2.75, 3.05) is 23.8 Å². The van der Waals surface area contributed by atoms with E-state index in [0.717, 1.165) is 11.1 Å². The standard InChI is InChI=1S/C19H22ClNO3S2/c1-2-26(23,24)13-12-21-18(22)14-25-19(15-6-4-3-5-7-15)16-8-10-17(20)11-9-16/h3-11,19H,2,12-14H2,1H3,(H,21,22). The lowest BCUT2D eigenvalue weighted by atomic mass is 10.0. The van der Waals surface area contributed by atoms with Crippen LogP contribution in [0.1, 0.15) is 23.3 Å². The lowest BCUT2D eigenvalue weighted by Gasteiger charge is -2.18. The Bertz CT molecular complexity index is 808. The number of halogens is 1. The third kappa shape index (κ3) is 6.67. The van der Waals surface area contributed by atoms with Crippen molar-refractivity contribution in [3.8, 4) is 0 Å². The number of amides is 1. The van der Waals surface area contributed by atoms with E-state index in [1.807, 2.05) is 54.6 Å². The molecule has 0 aliphatic carbocycles. The molecule has 0 aromatic heterocycles. The highest BCUT2D eigenvalue weighted by atomic mass is 35.5. The zero-order valence-electron chi connectivity index (χ0n) is 14.5. The van der Waals surface area contributed by atoms with Crippen LogP contribution in [0.3, 0.4) is 0 Å². The first kappa shape index (κ1) is 20.8. The molecular weight excluding hydrogens is 390 g/mol. The topological polar surface area (TPSA) is 63.2 Å². The Kier molecular flexibility index (Phi) is 8.00. The summed E-state index contributed by atoms with van der Waals surface area (Å²) in [6, 6.07) is 17.5. The molecule has 2 aromatic carbocycles. The minimum Gasteiger partial charge on any atom is -0.354 e. The molecule has 0 aliphatic heterocycles. The van der Waals surface area contributed by atoms with Crippen LogP contribution in [-0.2, 0) is 14.6 Å². The minimum atomic E-state index is -3.07. The number of hydrogen-bond acceptors (Lipinski definition) is 4. The average Bonchev–Trinajstić information content (AvgIpc) is 2.64. The third-order valence-electron chi connectivity index (χ3n) is 3.83. The van der Waals surface area contributed by atoms with Gasteiger partial charge in [-0.15, -0.1) is 11.8 Å². The summed E-state index contributed by atoms with van der Waals surface area (Å²) in [6.07, 6.45) is 0. The second-order valence-corrected chi connectivity index (χ2v) is 9.74. The van der Waals surface area contributed by atoms with Crippen molar-refractivity contribution in [2.45, 2.75) is 12.2 Å². The zero-order valence-corrected chi connectivity index (χ0v) is 16.9. The van der Waals surface area contributed by atoms with Gasteiger partial charge in [0.25, 0.3) is 0 Å². The van der Waals surface area contributed by atoms with Gasteiger partial charge in [0.2, 0.25) is 5.91 Å². The molecule has 0 saturated carbocycles. The van der Waals surface area contributed by atoms with Gasteiger partial charge >= 0.3 is 0 Å². The van der Waals surface area contributed by atoms with Crippen LogP contribution in [0.5, 0.6) is 0 Å². The lowest BCUT2D eigenvalue weighted by molar-refractivity contribution is -0.118. The van der Waals surface area contributed by atoms with Gasteiger partial charge in [-0.25, -0.2) is 8.42 Å². The predicted molar refractivity (Wildman–Crippen MR) is 110 cm³/mol. The Labute approximate surface area is 164 Å². The number of carbonyl (C=O) groups is 1. The molecule has 26 heavy (non-hydrogen) atoms. The number of nitrogens with one attached hydrogen (secondary N) is 1. The summed E-state index contributed by atoms with van der Waals surface area (Å²) in [5.41, 5.74) is 2.16. The fraction of sp³-hybridized carbons (Fsp3) is 0.316. The van der Waals surface area contributed by atoms with Crippen molar-refractivity contribution >= 4 is 39.1 Å². The van der Waals surface area contributed by atoms with Gasteiger partial charge in [-0.05, 0) is 23.3 Å². The maximum atomic E-state index is 12.1. The van der Waals surface area contributed by atoms with Crippen molar-refractivity contribution < 1.29 is 13.2 Å². The molecule has 0 fully saturated rings. The fourth-order valence-corrected chi connectivity index (χ4v) is 4.30. The van der Waals surface area contributed by atoms with E-state index in [4.69, 9.17) is 11.6 Å². The molecule has 0 spiro atoms. The number of benzene rings is 2. The van der Waals surface area contributed by atoms with Crippen LogP contribution in [-0.4, -0.2) is 38.1 Å². The molecule has 0 bridgehead atoms. The Morgan fingerprint density at radius 2 is 1.69 bits per heavy atom. The van der Waals surface area contributed by atoms with Crippen molar-refractivity contribution in [3.05, 3.63) is 70.7 Å². The summed E-state index contributed by atoms with van der Waals surface area (Å²) in [7, 11) is -3.07. The highest BCUT2D eigenvalue weighted by Gasteiger charge is 2.17. The van der Waals surface area contributed by atoms with Crippen molar-refractivity contribution in [2.24, 2.45) is 0 Å². The maximum absolute atomic E-state index is 12.1. The van der Waals surface area contributed by atoms with Crippen LogP contribution in [0, 0.1) is 0 Å². The second kappa shape index (κ2) is 10.00. The average molecular weight is 412 g/mol. The molecule has 0 aliphatic rings. The minimum absolute atomic E-state index is 0.00130. The van der Waals surface area contributed by atoms with E-state index in [2.05, 4.69) is 5.32 Å². The molecule has 1 unspecified atom stereocenters. The summed E-state index contributed by atoms with van der Waals surface area (Å²) >= 11 is 7.48. The van der Waals surface area contributed by atoms with Crippen LogP contribution in [0.25, 0.3) is 0 Å². The van der Waals surface area contributed by atoms with Gasteiger partial charge in [0, 0.05) is 17.3 Å². The normalized spacial score (nSPS) is 12.5. The molecular formula is C19H22ClNO3S2. The van der Waals surface area contributed by atoms with Gasteiger partial charge in [0.1, 0.15) is 0 Å². The van der Waals surface area contributed by atoms with Crippen LogP contribution in [0.2, 0.25) is 5.02 Å².